The highest BCUT2D eigenvalue weighted by molar-refractivity contribution is 9.10. The van der Waals surface area contributed by atoms with E-state index in [0.29, 0.717) is 12.0 Å². The second kappa shape index (κ2) is 4.64. The van der Waals surface area contributed by atoms with Crippen LogP contribution >= 0.6 is 15.9 Å². The van der Waals surface area contributed by atoms with E-state index in [-0.39, 0.29) is 0 Å². The van der Waals surface area contributed by atoms with Crippen molar-refractivity contribution in [2.24, 2.45) is 0 Å². The number of rotatable bonds is 1. The van der Waals surface area contributed by atoms with Crippen molar-refractivity contribution >= 4 is 27.3 Å². The number of nitrogens with zero attached hydrogens (tertiary/aromatic N) is 1. The number of halogens is 1. The van der Waals surface area contributed by atoms with Crippen molar-refractivity contribution in [3.63, 3.8) is 0 Å². The predicted octanol–water partition coefficient (Wildman–Crippen LogP) is 5.18. The molecule has 0 saturated heterocycles. The van der Waals surface area contributed by atoms with Gasteiger partial charge in [-0.3, -0.25) is 0 Å². The van der Waals surface area contributed by atoms with Gasteiger partial charge >= 0.3 is 0 Å². The van der Waals surface area contributed by atoms with E-state index in [1.165, 1.54) is 16.9 Å². The van der Waals surface area contributed by atoms with Crippen LogP contribution in [-0.4, -0.2) is 6.04 Å². The normalized spacial score (nSPS) is 22.8. The number of para-hydroxylation sites is 1. The van der Waals surface area contributed by atoms with Crippen molar-refractivity contribution in [2.75, 3.05) is 4.90 Å². The molecule has 20 heavy (non-hydrogen) atoms. The zero-order valence-electron chi connectivity index (χ0n) is 10.9. The predicted molar refractivity (Wildman–Crippen MR) is 87.5 cm³/mol. The third kappa shape index (κ3) is 1.75. The Labute approximate surface area is 127 Å². The summed E-state index contributed by atoms with van der Waals surface area (Å²) in [4.78, 5) is 2.44. The highest BCUT2D eigenvalue weighted by atomic mass is 79.9. The molecule has 2 heteroatoms. The van der Waals surface area contributed by atoms with E-state index in [2.05, 4.69) is 93.7 Å². The van der Waals surface area contributed by atoms with Gasteiger partial charge in [0.2, 0.25) is 0 Å². The summed E-state index contributed by atoms with van der Waals surface area (Å²) < 4.78 is 1.12. The zero-order valence-corrected chi connectivity index (χ0v) is 12.5. The molecule has 0 amide bonds. The molecule has 2 aromatic rings. The molecule has 0 aromatic heterocycles. The Morgan fingerprint density at radius 2 is 1.75 bits per heavy atom. The van der Waals surface area contributed by atoms with Gasteiger partial charge in [0.1, 0.15) is 0 Å². The van der Waals surface area contributed by atoms with Gasteiger partial charge in [0.15, 0.2) is 0 Å². The summed E-state index contributed by atoms with van der Waals surface area (Å²) in [6.07, 6.45) is 8.91. The molecule has 1 aliphatic carbocycles. The summed E-state index contributed by atoms with van der Waals surface area (Å²) in [7, 11) is 0. The monoisotopic (exact) mass is 323 g/mol. The largest absolute Gasteiger partial charge is 0.333 e. The lowest BCUT2D eigenvalue weighted by atomic mass is 9.91. The summed E-state index contributed by atoms with van der Waals surface area (Å²) in [6, 6.07) is 17.6. The molecule has 0 bridgehead atoms. The molecule has 0 N–H and O–H groups in total. The van der Waals surface area contributed by atoms with Crippen LogP contribution < -0.4 is 4.90 Å². The van der Waals surface area contributed by atoms with Crippen LogP contribution in [0.25, 0.3) is 0 Å². The maximum absolute atomic E-state index is 3.58. The Morgan fingerprint density at radius 1 is 0.900 bits per heavy atom. The standard InChI is InChI=1S/C18H14BrN/c19-13-6-5-7-14(12-13)20-17-10-3-1-8-15(17)16-9-2-4-11-18(16)20/h1-12,15,17H. The molecule has 2 atom stereocenters. The lowest BCUT2D eigenvalue weighted by Gasteiger charge is -2.28. The lowest BCUT2D eigenvalue weighted by Crippen LogP contribution is -2.28. The highest BCUT2D eigenvalue weighted by Gasteiger charge is 2.36. The van der Waals surface area contributed by atoms with Crippen molar-refractivity contribution in [3.8, 4) is 0 Å². The van der Waals surface area contributed by atoms with Crippen LogP contribution in [0.4, 0.5) is 11.4 Å². The molecule has 2 unspecified atom stereocenters. The van der Waals surface area contributed by atoms with E-state index >= 15 is 0 Å². The zero-order chi connectivity index (χ0) is 13.5. The topological polar surface area (TPSA) is 3.24 Å². The van der Waals surface area contributed by atoms with Gasteiger partial charge in [-0.25, -0.2) is 0 Å². The smallest absolute Gasteiger partial charge is 0.0629 e. The van der Waals surface area contributed by atoms with Crippen LogP contribution in [0.15, 0.2) is 77.3 Å². The molecule has 0 saturated carbocycles. The molecule has 1 heterocycles. The minimum Gasteiger partial charge on any atom is -0.333 e. The lowest BCUT2D eigenvalue weighted by molar-refractivity contribution is 0.744. The maximum Gasteiger partial charge on any atom is 0.0629 e. The fraction of sp³-hybridized carbons (Fsp3) is 0.111. The molecule has 2 aliphatic rings. The second-order valence-electron chi connectivity index (χ2n) is 5.19. The first-order valence-corrected chi connectivity index (χ1v) is 7.62. The summed E-state index contributed by atoms with van der Waals surface area (Å²) in [6.45, 7) is 0. The molecule has 0 spiro atoms. The van der Waals surface area contributed by atoms with Gasteiger partial charge in [-0.05, 0) is 29.8 Å². The first-order chi connectivity index (χ1) is 9.84. The molecule has 1 aliphatic heterocycles. The second-order valence-corrected chi connectivity index (χ2v) is 6.11. The minimum absolute atomic E-state index is 0.381. The average Bonchev–Trinajstić information content (AvgIpc) is 2.82. The van der Waals surface area contributed by atoms with Crippen molar-refractivity contribution in [3.05, 3.63) is 82.9 Å². The Morgan fingerprint density at radius 3 is 2.65 bits per heavy atom. The van der Waals surface area contributed by atoms with E-state index in [1.807, 2.05) is 0 Å². The number of hydrogen-bond acceptors (Lipinski definition) is 1. The average molecular weight is 324 g/mol. The molecule has 4 rings (SSSR count). The number of hydrogen-bond donors (Lipinski definition) is 0. The molecular weight excluding hydrogens is 310 g/mol. The van der Waals surface area contributed by atoms with Gasteiger partial charge in [0.25, 0.3) is 0 Å². The Hall–Kier alpha value is -1.80. The molecular formula is C18H14BrN. The quantitative estimate of drug-likeness (QED) is 0.699. The molecule has 0 fully saturated rings. The molecule has 1 nitrogen and oxygen atoms in total. The van der Waals surface area contributed by atoms with Crippen molar-refractivity contribution in [1.82, 2.24) is 0 Å². The Balaban J connectivity index is 1.90. The van der Waals surface area contributed by atoms with E-state index in [4.69, 9.17) is 0 Å². The minimum atomic E-state index is 0.381. The summed E-state index contributed by atoms with van der Waals surface area (Å²) in [5.74, 6) is 0.454. The number of fused-ring (bicyclic) bond motifs is 3. The molecule has 2 aromatic carbocycles. The van der Waals surface area contributed by atoms with Crippen LogP contribution in [0.1, 0.15) is 11.5 Å². The van der Waals surface area contributed by atoms with Crippen LogP contribution in [-0.2, 0) is 0 Å². The highest BCUT2D eigenvalue weighted by Crippen LogP contribution is 2.47. The fourth-order valence-electron chi connectivity index (χ4n) is 3.22. The summed E-state index contributed by atoms with van der Waals surface area (Å²) >= 11 is 3.58. The van der Waals surface area contributed by atoms with Crippen LogP contribution in [0.2, 0.25) is 0 Å². The maximum atomic E-state index is 3.58. The Bertz CT molecular complexity index is 717. The third-order valence-corrected chi connectivity index (χ3v) is 4.54. The van der Waals surface area contributed by atoms with Gasteiger partial charge in [0, 0.05) is 21.8 Å². The Kier molecular flexibility index (Phi) is 2.78. The SMILES string of the molecule is Brc1cccc(N2c3ccccc3C3C=CC=CC32)c1. The van der Waals surface area contributed by atoms with E-state index < -0.39 is 0 Å². The van der Waals surface area contributed by atoms with Crippen molar-refractivity contribution in [2.45, 2.75) is 12.0 Å². The first kappa shape index (κ1) is 12.0. The van der Waals surface area contributed by atoms with Gasteiger partial charge in [0.05, 0.1) is 6.04 Å². The molecule has 98 valence electrons. The number of anilines is 2. The number of allylic oxidation sites excluding steroid dienone is 2. The van der Waals surface area contributed by atoms with E-state index in [0.717, 1.165) is 4.47 Å². The van der Waals surface area contributed by atoms with Crippen LogP contribution in [0.3, 0.4) is 0 Å². The number of benzene rings is 2. The van der Waals surface area contributed by atoms with Crippen molar-refractivity contribution < 1.29 is 0 Å². The fourth-order valence-corrected chi connectivity index (χ4v) is 3.60. The van der Waals surface area contributed by atoms with E-state index in [1.54, 1.807) is 0 Å². The summed E-state index contributed by atoms with van der Waals surface area (Å²) in [5.41, 5.74) is 3.97. The van der Waals surface area contributed by atoms with Gasteiger partial charge in [-0.1, -0.05) is 64.5 Å². The van der Waals surface area contributed by atoms with E-state index in [9.17, 15) is 0 Å². The third-order valence-electron chi connectivity index (χ3n) is 4.05. The van der Waals surface area contributed by atoms with Crippen molar-refractivity contribution in [1.29, 1.82) is 0 Å². The molecule has 0 radical (unpaired) electrons. The van der Waals surface area contributed by atoms with Gasteiger partial charge in [-0.15, -0.1) is 0 Å². The van der Waals surface area contributed by atoms with Crippen LogP contribution in [0.5, 0.6) is 0 Å². The first-order valence-electron chi connectivity index (χ1n) is 6.83. The van der Waals surface area contributed by atoms with Crippen LogP contribution in [0, 0.1) is 0 Å². The van der Waals surface area contributed by atoms with Gasteiger partial charge in [-0.2, -0.15) is 0 Å². The summed E-state index contributed by atoms with van der Waals surface area (Å²) in [5, 5.41) is 0. The van der Waals surface area contributed by atoms with Gasteiger partial charge < -0.3 is 4.90 Å².